The predicted molar refractivity (Wildman–Crippen MR) is 118 cm³/mol. The van der Waals surface area contributed by atoms with Crippen LogP contribution in [0.4, 0.5) is 11.4 Å². The van der Waals surface area contributed by atoms with Crippen LogP contribution < -0.4 is 15.0 Å². The lowest BCUT2D eigenvalue weighted by Gasteiger charge is -2.38. The van der Waals surface area contributed by atoms with Crippen molar-refractivity contribution in [3.63, 3.8) is 0 Å². The number of hydrogen-bond donors (Lipinski definition) is 1. The van der Waals surface area contributed by atoms with Crippen LogP contribution in [0.3, 0.4) is 0 Å². The van der Waals surface area contributed by atoms with Gasteiger partial charge in [-0.3, -0.25) is 9.59 Å². The lowest BCUT2D eigenvalue weighted by molar-refractivity contribution is -0.139. The highest BCUT2D eigenvalue weighted by molar-refractivity contribution is 6.31. The number of amides is 2. The summed E-state index contributed by atoms with van der Waals surface area (Å²) < 4.78 is 6.02. The zero-order chi connectivity index (χ0) is 21.1. The van der Waals surface area contributed by atoms with Crippen LogP contribution in [-0.4, -0.2) is 49.0 Å². The predicted octanol–water partition coefficient (Wildman–Crippen LogP) is 3.87. The van der Waals surface area contributed by atoms with E-state index in [1.807, 2.05) is 53.1 Å². The summed E-state index contributed by atoms with van der Waals surface area (Å²) in [6.45, 7) is 3.92. The van der Waals surface area contributed by atoms with E-state index in [1.165, 1.54) is 0 Å². The van der Waals surface area contributed by atoms with E-state index in [-0.39, 0.29) is 18.4 Å². The Kier molecular flexibility index (Phi) is 6.13. The monoisotopic (exact) mass is 427 g/mol. The number of benzene rings is 2. The van der Waals surface area contributed by atoms with Crippen molar-refractivity contribution in [1.82, 2.24) is 4.90 Å². The highest BCUT2D eigenvalue weighted by Gasteiger charge is 2.34. The van der Waals surface area contributed by atoms with E-state index in [0.29, 0.717) is 23.0 Å². The normalized spacial score (nSPS) is 18.4. The number of aryl methyl sites for hydroxylation is 1. The summed E-state index contributed by atoms with van der Waals surface area (Å²) >= 11 is 6.16. The molecular weight excluding hydrogens is 402 g/mol. The van der Waals surface area contributed by atoms with Crippen LogP contribution in [0.5, 0.6) is 5.75 Å². The van der Waals surface area contributed by atoms with Crippen molar-refractivity contribution in [3.05, 3.63) is 53.1 Å². The van der Waals surface area contributed by atoms with E-state index in [9.17, 15) is 9.59 Å². The molecule has 0 aliphatic carbocycles. The van der Waals surface area contributed by atoms with Gasteiger partial charge in [-0.05, 0) is 56.0 Å². The van der Waals surface area contributed by atoms with E-state index in [4.69, 9.17) is 16.3 Å². The van der Waals surface area contributed by atoms with Gasteiger partial charge in [-0.2, -0.15) is 0 Å². The Morgan fingerprint density at radius 2 is 1.90 bits per heavy atom. The molecule has 2 amide bonds. The molecule has 158 valence electrons. The molecule has 6 nitrogen and oxygen atoms in total. The van der Waals surface area contributed by atoms with Crippen molar-refractivity contribution in [2.24, 2.45) is 0 Å². The molecule has 2 aliphatic rings. The fraction of sp³-hybridized carbons (Fsp3) is 0.391. The number of piperidine rings is 1. The van der Waals surface area contributed by atoms with Gasteiger partial charge in [0, 0.05) is 23.8 Å². The molecule has 7 heteroatoms. The second-order valence-electron chi connectivity index (χ2n) is 7.85. The standard InChI is InChI=1S/C23H26ClN3O3/c1-16-9-10-17(13-18(16)24)25-22(28)15-27-14-21(23(29)26-11-5-2-6-12-26)30-20-8-4-3-7-19(20)27/h3-4,7-10,13,21H,2,5-6,11-12,14-15H2,1H3,(H,25,28)/t21-/m1/s1. The van der Waals surface area contributed by atoms with Crippen LogP contribution in [0.1, 0.15) is 24.8 Å². The van der Waals surface area contributed by atoms with E-state index < -0.39 is 6.10 Å². The maximum atomic E-state index is 13.0. The van der Waals surface area contributed by atoms with Gasteiger partial charge in [-0.1, -0.05) is 29.8 Å². The van der Waals surface area contributed by atoms with Crippen molar-refractivity contribution >= 4 is 34.8 Å². The molecular formula is C23H26ClN3O3. The third-order valence-electron chi connectivity index (χ3n) is 5.59. The SMILES string of the molecule is Cc1ccc(NC(=O)CN2C[C@H](C(=O)N3CCCCC3)Oc3ccccc32)cc1Cl. The number of likely N-dealkylation sites (tertiary alicyclic amines) is 1. The quantitative estimate of drug-likeness (QED) is 0.804. The van der Waals surface area contributed by atoms with Gasteiger partial charge in [0.15, 0.2) is 6.10 Å². The summed E-state index contributed by atoms with van der Waals surface area (Å²) in [5.74, 6) is 0.459. The molecule has 1 fully saturated rings. The summed E-state index contributed by atoms with van der Waals surface area (Å²) in [5, 5.41) is 3.50. The van der Waals surface area contributed by atoms with E-state index >= 15 is 0 Å². The van der Waals surface area contributed by atoms with E-state index in [1.54, 1.807) is 6.07 Å². The highest BCUT2D eigenvalue weighted by Crippen LogP contribution is 2.33. The minimum absolute atomic E-state index is 0.0000670. The zero-order valence-electron chi connectivity index (χ0n) is 17.1. The number of ether oxygens (including phenoxy) is 1. The molecule has 0 radical (unpaired) electrons. The lowest BCUT2D eigenvalue weighted by atomic mass is 10.1. The van der Waals surface area contributed by atoms with Crippen molar-refractivity contribution in [1.29, 1.82) is 0 Å². The maximum absolute atomic E-state index is 13.0. The Labute approximate surface area is 181 Å². The van der Waals surface area contributed by atoms with Gasteiger partial charge in [0.05, 0.1) is 18.8 Å². The van der Waals surface area contributed by atoms with E-state index in [0.717, 1.165) is 43.6 Å². The first-order chi connectivity index (χ1) is 14.5. The first-order valence-electron chi connectivity index (χ1n) is 10.4. The number of carbonyl (C=O) groups excluding carboxylic acids is 2. The van der Waals surface area contributed by atoms with Gasteiger partial charge in [0.25, 0.3) is 5.91 Å². The number of hydrogen-bond acceptors (Lipinski definition) is 4. The number of halogens is 1. The Bertz CT molecular complexity index is 943. The number of fused-ring (bicyclic) bond motifs is 1. The number of rotatable bonds is 4. The molecule has 0 spiro atoms. The molecule has 4 rings (SSSR count). The smallest absolute Gasteiger partial charge is 0.265 e. The molecule has 1 atom stereocenters. The Balaban J connectivity index is 1.48. The van der Waals surface area contributed by atoms with Crippen molar-refractivity contribution in [2.75, 3.05) is 36.4 Å². The fourth-order valence-electron chi connectivity index (χ4n) is 3.95. The molecule has 2 aromatic carbocycles. The maximum Gasteiger partial charge on any atom is 0.265 e. The van der Waals surface area contributed by atoms with Crippen LogP contribution >= 0.6 is 11.6 Å². The zero-order valence-corrected chi connectivity index (χ0v) is 17.8. The second kappa shape index (κ2) is 8.96. The molecule has 0 unspecified atom stereocenters. The second-order valence-corrected chi connectivity index (χ2v) is 8.26. The Morgan fingerprint density at radius 1 is 1.13 bits per heavy atom. The number of anilines is 2. The van der Waals surface area contributed by atoms with E-state index in [2.05, 4.69) is 5.32 Å². The summed E-state index contributed by atoms with van der Waals surface area (Å²) in [7, 11) is 0. The summed E-state index contributed by atoms with van der Waals surface area (Å²) in [5.41, 5.74) is 2.42. The summed E-state index contributed by atoms with van der Waals surface area (Å²) in [6.07, 6.45) is 2.60. The molecule has 30 heavy (non-hydrogen) atoms. The first kappa shape index (κ1) is 20.5. The minimum Gasteiger partial charge on any atom is -0.477 e. The molecule has 1 saturated heterocycles. The van der Waals surface area contributed by atoms with Crippen LogP contribution in [0.2, 0.25) is 5.02 Å². The van der Waals surface area contributed by atoms with Gasteiger partial charge >= 0.3 is 0 Å². The first-order valence-corrected chi connectivity index (χ1v) is 10.7. The van der Waals surface area contributed by atoms with Crippen LogP contribution in [0.25, 0.3) is 0 Å². The summed E-state index contributed by atoms with van der Waals surface area (Å²) in [4.78, 5) is 29.5. The lowest BCUT2D eigenvalue weighted by Crippen LogP contribution is -2.52. The van der Waals surface area contributed by atoms with Crippen molar-refractivity contribution in [3.8, 4) is 5.75 Å². The molecule has 2 aromatic rings. The van der Waals surface area contributed by atoms with Crippen LogP contribution in [0.15, 0.2) is 42.5 Å². The third kappa shape index (κ3) is 4.54. The largest absolute Gasteiger partial charge is 0.477 e. The highest BCUT2D eigenvalue weighted by atomic mass is 35.5. The molecule has 0 aromatic heterocycles. The van der Waals surface area contributed by atoms with Crippen molar-refractivity contribution in [2.45, 2.75) is 32.3 Å². The van der Waals surface area contributed by atoms with Gasteiger partial charge in [-0.25, -0.2) is 0 Å². The minimum atomic E-state index is -0.611. The molecule has 0 saturated carbocycles. The average Bonchev–Trinajstić information content (AvgIpc) is 2.76. The summed E-state index contributed by atoms with van der Waals surface area (Å²) in [6, 6.07) is 13.0. The Hall–Kier alpha value is -2.73. The third-order valence-corrected chi connectivity index (χ3v) is 6.00. The van der Waals surface area contributed by atoms with Crippen molar-refractivity contribution < 1.29 is 14.3 Å². The number of nitrogens with one attached hydrogen (secondary N) is 1. The number of nitrogens with zero attached hydrogens (tertiary/aromatic N) is 2. The van der Waals surface area contributed by atoms with Gasteiger partial charge in [-0.15, -0.1) is 0 Å². The van der Waals surface area contributed by atoms with Gasteiger partial charge in [0.2, 0.25) is 5.91 Å². The molecule has 1 N–H and O–H groups in total. The molecule has 2 heterocycles. The average molecular weight is 428 g/mol. The topological polar surface area (TPSA) is 61.9 Å². The Morgan fingerprint density at radius 3 is 2.67 bits per heavy atom. The van der Waals surface area contributed by atoms with Gasteiger partial charge in [0.1, 0.15) is 5.75 Å². The molecule has 2 aliphatic heterocycles. The number of para-hydroxylation sites is 2. The van der Waals surface area contributed by atoms with Gasteiger partial charge < -0.3 is 19.9 Å². The van der Waals surface area contributed by atoms with Crippen LogP contribution in [0, 0.1) is 6.92 Å². The molecule has 0 bridgehead atoms. The van der Waals surface area contributed by atoms with Crippen LogP contribution in [-0.2, 0) is 9.59 Å². The fourth-order valence-corrected chi connectivity index (χ4v) is 4.13. The number of carbonyl (C=O) groups is 2.